The molecule has 0 aliphatic heterocycles. The Morgan fingerprint density at radius 2 is 1.74 bits per heavy atom. The maximum absolute atomic E-state index is 12.9. The van der Waals surface area contributed by atoms with Crippen molar-refractivity contribution in [3.05, 3.63) is 88.1 Å². The fraction of sp³-hybridized carbons (Fsp3) is 0.150. The van der Waals surface area contributed by atoms with Crippen molar-refractivity contribution in [3.63, 3.8) is 0 Å². The van der Waals surface area contributed by atoms with Gasteiger partial charge in [0.2, 0.25) is 10.0 Å². The maximum Gasteiger partial charge on any atom is 0.252 e. The van der Waals surface area contributed by atoms with E-state index in [4.69, 9.17) is 0 Å². The molecule has 0 bridgehead atoms. The van der Waals surface area contributed by atoms with Crippen molar-refractivity contribution in [1.82, 2.24) is 9.62 Å². The Balaban J connectivity index is 1.91. The Hall–Kier alpha value is -2.48. The van der Waals surface area contributed by atoms with Gasteiger partial charge in [-0.05, 0) is 35.2 Å². The van der Waals surface area contributed by atoms with Gasteiger partial charge in [-0.25, -0.2) is 12.7 Å². The second kappa shape index (κ2) is 8.04. The number of sulfonamides is 1. The van der Waals surface area contributed by atoms with Crippen LogP contribution >= 0.6 is 11.3 Å². The Bertz CT molecular complexity index is 1010. The van der Waals surface area contributed by atoms with E-state index >= 15 is 0 Å². The molecule has 0 fully saturated rings. The number of carbonyl (C=O) groups is 1. The summed E-state index contributed by atoms with van der Waals surface area (Å²) in [5, 5.41) is 4.98. The first-order valence-electron chi connectivity index (χ1n) is 8.31. The molecule has 5 nitrogen and oxygen atoms in total. The summed E-state index contributed by atoms with van der Waals surface area (Å²) < 4.78 is 25.8. The second-order valence-electron chi connectivity index (χ2n) is 6.15. The van der Waals surface area contributed by atoms with E-state index in [1.54, 1.807) is 23.5 Å². The molecule has 0 saturated carbocycles. The highest BCUT2D eigenvalue weighted by molar-refractivity contribution is 7.89. The number of nitrogens with one attached hydrogen (secondary N) is 1. The Morgan fingerprint density at radius 3 is 2.37 bits per heavy atom. The minimum Gasteiger partial charge on any atom is -0.340 e. The lowest BCUT2D eigenvalue weighted by Gasteiger charge is -2.18. The van der Waals surface area contributed by atoms with E-state index in [0.717, 1.165) is 14.7 Å². The van der Waals surface area contributed by atoms with Crippen molar-refractivity contribution < 1.29 is 13.2 Å². The standard InChI is InChI=1S/C20H20N2O3S2/c1-22(2)27(24,25)17-11-6-10-16(14-17)20(23)21-19(18-12-7-13-26-18)15-8-4-3-5-9-15/h3-14,19H,1-2H3,(H,21,23)/t19-/m1/s1. The SMILES string of the molecule is CN(C)S(=O)(=O)c1cccc(C(=O)N[C@H](c2ccccc2)c2cccs2)c1. The third-order valence-corrected chi connectivity index (χ3v) is 6.86. The molecule has 3 rings (SSSR count). The minimum absolute atomic E-state index is 0.0903. The summed E-state index contributed by atoms with van der Waals surface area (Å²) in [7, 11) is -0.676. The largest absolute Gasteiger partial charge is 0.340 e. The molecule has 1 atom stereocenters. The van der Waals surface area contributed by atoms with Gasteiger partial charge in [-0.3, -0.25) is 4.79 Å². The first-order valence-corrected chi connectivity index (χ1v) is 10.6. The number of carbonyl (C=O) groups excluding carboxylic acids is 1. The predicted octanol–water partition coefficient (Wildman–Crippen LogP) is 3.52. The molecular weight excluding hydrogens is 380 g/mol. The summed E-state index contributed by atoms with van der Waals surface area (Å²) in [4.78, 5) is 14.0. The second-order valence-corrected chi connectivity index (χ2v) is 9.28. The summed E-state index contributed by atoms with van der Waals surface area (Å²) in [6, 6.07) is 19.4. The number of thiophene rings is 1. The lowest BCUT2D eigenvalue weighted by atomic mass is 10.0. The van der Waals surface area contributed by atoms with E-state index < -0.39 is 10.0 Å². The first-order chi connectivity index (χ1) is 12.9. The van der Waals surface area contributed by atoms with E-state index in [-0.39, 0.29) is 16.8 Å². The number of hydrogen-bond acceptors (Lipinski definition) is 4. The summed E-state index contributed by atoms with van der Waals surface area (Å²) in [5.74, 6) is -0.326. The van der Waals surface area contributed by atoms with E-state index in [1.165, 1.54) is 26.2 Å². The zero-order chi connectivity index (χ0) is 19.4. The Kier molecular flexibility index (Phi) is 5.74. The van der Waals surface area contributed by atoms with Gasteiger partial charge in [0.25, 0.3) is 5.91 Å². The lowest BCUT2D eigenvalue weighted by Crippen LogP contribution is -2.29. The Morgan fingerprint density at radius 1 is 1.00 bits per heavy atom. The average Bonchev–Trinajstić information content (AvgIpc) is 3.21. The van der Waals surface area contributed by atoms with Gasteiger partial charge in [0.1, 0.15) is 0 Å². The molecule has 27 heavy (non-hydrogen) atoms. The number of rotatable bonds is 6. The fourth-order valence-corrected chi connectivity index (χ4v) is 4.39. The molecule has 140 valence electrons. The molecule has 7 heteroatoms. The molecule has 1 heterocycles. The van der Waals surface area contributed by atoms with Gasteiger partial charge < -0.3 is 5.32 Å². The van der Waals surface area contributed by atoms with Gasteiger partial charge in [0.05, 0.1) is 10.9 Å². The highest BCUT2D eigenvalue weighted by Gasteiger charge is 2.21. The fourth-order valence-electron chi connectivity index (χ4n) is 2.64. The molecule has 1 N–H and O–H groups in total. The molecule has 0 radical (unpaired) electrons. The zero-order valence-corrected chi connectivity index (χ0v) is 16.6. The molecule has 0 unspecified atom stereocenters. The highest BCUT2D eigenvalue weighted by Crippen LogP contribution is 2.26. The number of benzene rings is 2. The van der Waals surface area contributed by atoms with Crippen LogP contribution in [0.2, 0.25) is 0 Å². The van der Waals surface area contributed by atoms with Crippen LogP contribution in [0.15, 0.2) is 77.0 Å². The molecule has 0 aliphatic rings. The molecule has 1 amide bonds. The normalized spacial score (nSPS) is 12.7. The average molecular weight is 401 g/mol. The molecular formula is C20H20N2O3S2. The van der Waals surface area contributed by atoms with Crippen LogP contribution in [-0.4, -0.2) is 32.7 Å². The third-order valence-electron chi connectivity index (χ3n) is 4.11. The van der Waals surface area contributed by atoms with E-state index in [1.807, 2.05) is 47.8 Å². The molecule has 0 saturated heterocycles. The smallest absolute Gasteiger partial charge is 0.252 e. The summed E-state index contributed by atoms with van der Waals surface area (Å²) >= 11 is 1.56. The van der Waals surface area contributed by atoms with Gasteiger partial charge in [-0.1, -0.05) is 42.5 Å². The van der Waals surface area contributed by atoms with E-state index in [2.05, 4.69) is 5.32 Å². The minimum atomic E-state index is -3.60. The number of hydrogen-bond donors (Lipinski definition) is 1. The summed E-state index contributed by atoms with van der Waals surface area (Å²) in [6.07, 6.45) is 0. The predicted molar refractivity (Wildman–Crippen MR) is 107 cm³/mol. The number of amides is 1. The van der Waals surface area contributed by atoms with Crippen LogP contribution in [0.1, 0.15) is 26.8 Å². The van der Waals surface area contributed by atoms with Crippen LogP contribution in [0.5, 0.6) is 0 Å². The Labute approximate surface area is 163 Å². The van der Waals surface area contributed by atoms with E-state index in [0.29, 0.717) is 5.56 Å². The van der Waals surface area contributed by atoms with Crippen molar-refractivity contribution >= 4 is 27.3 Å². The highest BCUT2D eigenvalue weighted by atomic mass is 32.2. The van der Waals surface area contributed by atoms with Crippen LogP contribution in [0, 0.1) is 0 Å². The van der Waals surface area contributed by atoms with Crippen molar-refractivity contribution in [3.8, 4) is 0 Å². The number of nitrogens with zero attached hydrogens (tertiary/aromatic N) is 1. The van der Waals surface area contributed by atoms with Crippen molar-refractivity contribution in [2.45, 2.75) is 10.9 Å². The van der Waals surface area contributed by atoms with Crippen molar-refractivity contribution in [1.29, 1.82) is 0 Å². The zero-order valence-electron chi connectivity index (χ0n) is 15.0. The van der Waals surface area contributed by atoms with Gasteiger partial charge in [0, 0.05) is 24.5 Å². The topological polar surface area (TPSA) is 66.5 Å². The lowest BCUT2D eigenvalue weighted by molar-refractivity contribution is 0.0943. The van der Waals surface area contributed by atoms with Gasteiger partial charge in [-0.15, -0.1) is 11.3 Å². The summed E-state index contributed by atoms with van der Waals surface area (Å²) in [5.41, 5.74) is 1.26. The van der Waals surface area contributed by atoms with Crippen molar-refractivity contribution in [2.75, 3.05) is 14.1 Å². The van der Waals surface area contributed by atoms with Crippen LogP contribution < -0.4 is 5.32 Å². The van der Waals surface area contributed by atoms with E-state index in [9.17, 15) is 13.2 Å². The first kappa shape index (κ1) is 19.3. The molecule has 0 spiro atoms. The van der Waals surface area contributed by atoms with Crippen LogP contribution in [0.4, 0.5) is 0 Å². The van der Waals surface area contributed by atoms with Crippen LogP contribution in [-0.2, 0) is 10.0 Å². The monoisotopic (exact) mass is 400 g/mol. The maximum atomic E-state index is 12.9. The third kappa shape index (κ3) is 4.27. The molecule has 0 aliphatic carbocycles. The molecule has 2 aromatic carbocycles. The van der Waals surface area contributed by atoms with Gasteiger partial charge in [0.15, 0.2) is 0 Å². The van der Waals surface area contributed by atoms with Gasteiger partial charge in [-0.2, -0.15) is 0 Å². The summed E-state index contributed by atoms with van der Waals surface area (Å²) in [6.45, 7) is 0. The van der Waals surface area contributed by atoms with Crippen molar-refractivity contribution in [2.24, 2.45) is 0 Å². The van der Waals surface area contributed by atoms with Crippen LogP contribution in [0.25, 0.3) is 0 Å². The quantitative estimate of drug-likeness (QED) is 0.688. The van der Waals surface area contributed by atoms with Crippen LogP contribution in [0.3, 0.4) is 0 Å². The van der Waals surface area contributed by atoms with Gasteiger partial charge >= 0.3 is 0 Å². The molecule has 3 aromatic rings. The molecule has 1 aromatic heterocycles.